The van der Waals surface area contributed by atoms with Crippen LogP contribution in [0.5, 0.6) is 0 Å². The molecule has 0 atom stereocenters. The van der Waals surface area contributed by atoms with E-state index in [-0.39, 0.29) is 16.4 Å². The lowest BCUT2D eigenvalue weighted by Crippen LogP contribution is -2.14. The van der Waals surface area contributed by atoms with Gasteiger partial charge in [-0.25, -0.2) is 4.98 Å². The van der Waals surface area contributed by atoms with Crippen molar-refractivity contribution in [1.29, 1.82) is 0 Å². The topological polar surface area (TPSA) is 85.1 Å². The van der Waals surface area contributed by atoms with Gasteiger partial charge in [0, 0.05) is 10.9 Å². The monoisotopic (exact) mass is 315 g/mol. The summed E-state index contributed by atoms with van der Waals surface area (Å²) in [5.41, 5.74) is 4.21. The predicted octanol–water partition coefficient (Wildman–Crippen LogP) is 2.51. The number of carbonyl (C=O) groups excluding carboxylic acids is 2. The molecular formula is C12H8F3N3O2S. The number of nitrogens with zero attached hydrogens (tertiary/aromatic N) is 1. The third kappa shape index (κ3) is 3.57. The van der Waals surface area contributed by atoms with Crippen molar-refractivity contribution < 1.29 is 22.8 Å². The molecule has 9 heteroatoms. The largest absolute Gasteiger partial charge is 0.416 e. The number of aromatic nitrogens is 1. The number of amides is 2. The normalized spacial score (nSPS) is 11.2. The molecule has 2 amide bonds. The molecule has 5 nitrogen and oxygen atoms in total. The van der Waals surface area contributed by atoms with Crippen LogP contribution in [0.2, 0.25) is 0 Å². The molecule has 0 aliphatic rings. The third-order valence-corrected chi connectivity index (χ3v) is 3.21. The summed E-state index contributed by atoms with van der Waals surface area (Å²) in [7, 11) is 0. The number of nitrogens with two attached hydrogens (primary N) is 1. The highest BCUT2D eigenvalue weighted by Gasteiger charge is 2.30. The quantitative estimate of drug-likeness (QED) is 0.912. The van der Waals surface area contributed by atoms with Gasteiger partial charge in [-0.05, 0) is 24.3 Å². The first kappa shape index (κ1) is 15.0. The lowest BCUT2D eigenvalue weighted by Gasteiger charge is -2.07. The molecular weight excluding hydrogens is 307 g/mol. The van der Waals surface area contributed by atoms with Crippen molar-refractivity contribution in [2.24, 2.45) is 5.73 Å². The van der Waals surface area contributed by atoms with Gasteiger partial charge in [0.1, 0.15) is 5.69 Å². The number of benzene rings is 1. The van der Waals surface area contributed by atoms with Crippen molar-refractivity contribution in [2.45, 2.75) is 6.18 Å². The molecule has 1 aromatic carbocycles. The van der Waals surface area contributed by atoms with Gasteiger partial charge >= 0.3 is 6.18 Å². The van der Waals surface area contributed by atoms with Crippen LogP contribution in [0.15, 0.2) is 29.6 Å². The van der Waals surface area contributed by atoms with Gasteiger partial charge in [-0.15, -0.1) is 11.3 Å². The number of halogens is 3. The molecule has 2 aromatic rings. The summed E-state index contributed by atoms with van der Waals surface area (Å²) in [4.78, 5) is 26.4. The summed E-state index contributed by atoms with van der Waals surface area (Å²) in [6, 6.07) is 3.73. The van der Waals surface area contributed by atoms with E-state index in [0.29, 0.717) is 0 Å². The fraction of sp³-hybridized carbons (Fsp3) is 0.0833. The van der Waals surface area contributed by atoms with Gasteiger partial charge in [-0.2, -0.15) is 13.2 Å². The van der Waals surface area contributed by atoms with Gasteiger partial charge in [0.25, 0.3) is 11.8 Å². The predicted molar refractivity (Wildman–Crippen MR) is 70.0 cm³/mol. The van der Waals surface area contributed by atoms with Crippen molar-refractivity contribution in [1.82, 2.24) is 4.98 Å². The van der Waals surface area contributed by atoms with Crippen LogP contribution in [0, 0.1) is 0 Å². The van der Waals surface area contributed by atoms with Crippen LogP contribution in [0.25, 0.3) is 0 Å². The fourth-order valence-corrected chi connectivity index (χ4v) is 2.12. The number of anilines is 1. The molecule has 2 rings (SSSR count). The van der Waals surface area contributed by atoms with E-state index in [2.05, 4.69) is 10.3 Å². The van der Waals surface area contributed by atoms with Crippen LogP contribution in [-0.2, 0) is 6.18 Å². The minimum Gasteiger partial charge on any atom is -0.364 e. The lowest BCUT2D eigenvalue weighted by molar-refractivity contribution is -0.137. The molecule has 21 heavy (non-hydrogen) atoms. The van der Waals surface area contributed by atoms with Gasteiger partial charge in [0.05, 0.1) is 5.56 Å². The SMILES string of the molecule is NC(=O)c1csc(NC(=O)c2ccc(C(F)(F)F)cc2)n1. The van der Waals surface area contributed by atoms with E-state index in [1.807, 2.05) is 0 Å². The van der Waals surface area contributed by atoms with E-state index in [4.69, 9.17) is 5.73 Å². The minimum absolute atomic E-state index is 0.00252. The number of hydrogen-bond acceptors (Lipinski definition) is 4. The van der Waals surface area contributed by atoms with Crippen LogP contribution in [0.4, 0.5) is 18.3 Å². The lowest BCUT2D eigenvalue weighted by atomic mass is 10.1. The summed E-state index contributed by atoms with van der Waals surface area (Å²) in [6.07, 6.45) is -4.46. The molecule has 1 heterocycles. The summed E-state index contributed by atoms with van der Waals surface area (Å²) >= 11 is 0.984. The van der Waals surface area contributed by atoms with Gasteiger partial charge in [0.2, 0.25) is 0 Å². The first-order chi connectivity index (χ1) is 9.77. The van der Waals surface area contributed by atoms with Crippen LogP contribution in [-0.4, -0.2) is 16.8 Å². The van der Waals surface area contributed by atoms with E-state index >= 15 is 0 Å². The second-order valence-electron chi connectivity index (χ2n) is 3.93. The highest BCUT2D eigenvalue weighted by molar-refractivity contribution is 7.14. The van der Waals surface area contributed by atoms with Gasteiger partial charge in [0.15, 0.2) is 5.13 Å². The van der Waals surface area contributed by atoms with Gasteiger partial charge in [-0.3, -0.25) is 14.9 Å². The third-order valence-electron chi connectivity index (χ3n) is 2.45. The van der Waals surface area contributed by atoms with Crippen molar-refractivity contribution in [3.8, 4) is 0 Å². The molecule has 0 saturated heterocycles. The molecule has 0 saturated carbocycles. The number of nitrogens with one attached hydrogen (secondary N) is 1. The minimum atomic E-state index is -4.46. The summed E-state index contributed by atoms with van der Waals surface area (Å²) in [5, 5.41) is 3.87. The first-order valence-corrected chi connectivity index (χ1v) is 6.39. The maximum Gasteiger partial charge on any atom is 0.416 e. The molecule has 3 N–H and O–H groups in total. The molecule has 1 aromatic heterocycles. The first-order valence-electron chi connectivity index (χ1n) is 5.51. The zero-order valence-electron chi connectivity index (χ0n) is 10.3. The average Bonchev–Trinajstić information content (AvgIpc) is 2.86. The van der Waals surface area contributed by atoms with E-state index in [0.717, 1.165) is 35.6 Å². The van der Waals surface area contributed by atoms with Crippen molar-refractivity contribution >= 4 is 28.3 Å². The summed E-state index contributed by atoms with van der Waals surface area (Å²) < 4.78 is 37.2. The molecule has 110 valence electrons. The second-order valence-corrected chi connectivity index (χ2v) is 4.79. The maximum atomic E-state index is 12.4. The van der Waals surface area contributed by atoms with Crippen molar-refractivity contribution in [3.05, 3.63) is 46.5 Å². The number of thiazole rings is 1. The second kappa shape index (κ2) is 5.52. The number of carbonyl (C=O) groups is 2. The number of hydrogen-bond donors (Lipinski definition) is 2. The number of primary amides is 1. The molecule has 0 aliphatic carbocycles. The number of rotatable bonds is 3. The van der Waals surface area contributed by atoms with Crippen molar-refractivity contribution in [3.63, 3.8) is 0 Å². The summed E-state index contributed by atoms with van der Waals surface area (Å²) in [5.74, 6) is -1.37. The van der Waals surface area contributed by atoms with E-state index in [9.17, 15) is 22.8 Å². The Kier molecular flexibility index (Phi) is 3.94. The Hall–Kier alpha value is -2.42. The van der Waals surface area contributed by atoms with Crippen LogP contribution >= 0.6 is 11.3 Å². The standard InChI is InChI=1S/C12H8F3N3O2S/c13-12(14,15)7-3-1-6(2-4-7)10(20)18-11-17-8(5-21-11)9(16)19/h1-5H,(H2,16,19)(H,17,18,20). The van der Waals surface area contributed by atoms with Crippen molar-refractivity contribution in [2.75, 3.05) is 5.32 Å². The highest BCUT2D eigenvalue weighted by atomic mass is 32.1. The zero-order valence-corrected chi connectivity index (χ0v) is 11.1. The van der Waals surface area contributed by atoms with E-state index < -0.39 is 23.6 Å². The summed E-state index contributed by atoms with van der Waals surface area (Å²) in [6.45, 7) is 0. The van der Waals surface area contributed by atoms with E-state index in [1.54, 1.807) is 0 Å². The smallest absolute Gasteiger partial charge is 0.364 e. The molecule has 0 bridgehead atoms. The Morgan fingerprint density at radius 2 is 1.81 bits per heavy atom. The maximum absolute atomic E-state index is 12.4. The fourth-order valence-electron chi connectivity index (χ4n) is 1.42. The van der Waals surface area contributed by atoms with Gasteiger partial charge in [-0.1, -0.05) is 0 Å². The van der Waals surface area contributed by atoms with E-state index in [1.165, 1.54) is 5.38 Å². The Bertz CT molecular complexity index is 680. The molecule has 0 fully saturated rings. The van der Waals surface area contributed by atoms with Crippen LogP contribution < -0.4 is 11.1 Å². The number of alkyl halides is 3. The van der Waals surface area contributed by atoms with Crippen LogP contribution in [0.1, 0.15) is 26.4 Å². The Balaban J connectivity index is 2.11. The molecule has 0 spiro atoms. The Morgan fingerprint density at radius 1 is 1.19 bits per heavy atom. The Labute approximate surface area is 120 Å². The molecule has 0 unspecified atom stereocenters. The van der Waals surface area contributed by atoms with Crippen LogP contribution in [0.3, 0.4) is 0 Å². The zero-order chi connectivity index (χ0) is 15.6. The van der Waals surface area contributed by atoms with Gasteiger partial charge < -0.3 is 5.73 Å². The Morgan fingerprint density at radius 3 is 2.29 bits per heavy atom. The average molecular weight is 315 g/mol. The molecule has 0 radical (unpaired) electrons. The molecule has 0 aliphatic heterocycles. The highest BCUT2D eigenvalue weighted by Crippen LogP contribution is 2.29.